The molecule has 0 atom stereocenters. The Balaban J connectivity index is 1.98. The summed E-state index contributed by atoms with van der Waals surface area (Å²) in [5.74, 6) is 1.60. The first-order chi connectivity index (χ1) is 6.84. The lowest BCUT2D eigenvalue weighted by atomic mass is 10.3. The molecule has 72 valence electrons. The molecule has 0 saturated carbocycles. The summed E-state index contributed by atoms with van der Waals surface area (Å²) in [6, 6.07) is 3.76. The third-order valence-corrected chi connectivity index (χ3v) is 1.83. The molecule has 0 aromatic carbocycles. The van der Waals surface area contributed by atoms with Gasteiger partial charge in [-0.1, -0.05) is 0 Å². The van der Waals surface area contributed by atoms with Crippen molar-refractivity contribution in [3.8, 4) is 0 Å². The Hall–Kier alpha value is -1.84. The highest BCUT2D eigenvalue weighted by molar-refractivity contribution is 5.33. The molecule has 2 rings (SSSR count). The fourth-order valence-electron chi connectivity index (χ4n) is 1.14. The van der Waals surface area contributed by atoms with E-state index in [1.807, 2.05) is 19.1 Å². The van der Waals surface area contributed by atoms with E-state index in [0.717, 1.165) is 17.2 Å². The highest BCUT2D eigenvalue weighted by atomic mass is 16.3. The zero-order valence-corrected chi connectivity index (χ0v) is 7.90. The van der Waals surface area contributed by atoms with Crippen LogP contribution in [0.5, 0.6) is 0 Å². The van der Waals surface area contributed by atoms with Crippen LogP contribution in [0, 0.1) is 6.92 Å². The molecule has 2 heterocycles. The van der Waals surface area contributed by atoms with Gasteiger partial charge in [0.05, 0.1) is 12.5 Å². The van der Waals surface area contributed by atoms with Crippen LogP contribution < -0.4 is 5.32 Å². The van der Waals surface area contributed by atoms with Gasteiger partial charge in [-0.3, -0.25) is 0 Å². The molecule has 0 amide bonds. The zero-order valence-electron chi connectivity index (χ0n) is 7.90. The van der Waals surface area contributed by atoms with Crippen LogP contribution in [0.4, 0.5) is 5.82 Å². The minimum absolute atomic E-state index is 0.715. The number of aryl methyl sites for hydroxylation is 1. The van der Waals surface area contributed by atoms with Crippen molar-refractivity contribution in [3.63, 3.8) is 0 Å². The molecule has 0 bridgehead atoms. The van der Waals surface area contributed by atoms with Gasteiger partial charge in [0.15, 0.2) is 0 Å². The van der Waals surface area contributed by atoms with E-state index in [4.69, 9.17) is 4.42 Å². The lowest BCUT2D eigenvalue weighted by Crippen LogP contribution is -2.01. The zero-order chi connectivity index (χ0) is 9.80. The monoisotopic (exact) mass is 189 g/mol. The molecule has 2 aromatic rings. The summed E-state index contributed by atoms with van der Waals surface area (Å²) in [5, 5.41) is 3.18. The van der Waals surface area contributed by atoms with Crippen LogP contribution in [0.2, 0.25) is 0 Å². The number of rotatable bonds is 3. The minimum atomic E-state index is 0.715. The largest absolute Gasteiger partial charge is 0.472 e. The van der Waals surface area contributed by atoms with E-state index in [1.54, 1.807) is 18.7 Å². The number of furan rings is 1. The Labute approximate surface area is 82.0 Å². The van der Waals surface area contributed by atoms with Crippen molar-refractivity contribution in [2.75, 3.05) is 5.32 Å². The molecule has 2 aromatic heterocycles. The molecule has 0 aliphatic rings. The van der Waals surface area contributed by atoms with Crippen LogP contribution in [0.25, 0.3) is 0 Å². The second kappa shape index (κ2) is 3.91. The molecular formula is C10H11N3O. The SMILES string of the molecule is Cc1nccc(NCc2ccoc2)n1. The lowest BCUT2D eigenvalue weighted by molar-refractivity contribution is 0.564. The first kappa shape index (κ1) is 8.74. The summed E-state index contributed by atoms with van der Waals surface area (Å²) in [4.78, 5) is 8.23. The van der Waals surface area contributed by atoms with E-state index >= 15 is 0 Å². The summed E-state index contributed by atoms with van der Waals surface area (Å²) in [5.41, 5.74) is 1.10. The second-order valence-corrected chi connectivity index (χ2v) is 2.97. The first-order valence-electron chi connectivity index (χ1n) is 4.39. The molecule has 0 aliphatic carbocycles. The molecule has 0 saturated heterocycles. The fourth-order valence-corrected chi connectivity index (χ4v) is 1.14. The van der Waals surface area contributed by atoms with Crippen molar-refractivity contribution in [2.24, 2.45) is 0 Å². The van der Waals surface area contributed by atoms with Crippen LogP contribution in [-0.2, 0) is 6.54 Å². The van der Waals surface area contributed by atoms with Gasteiger partial charge in [0, 0.05) is 18.3 Å². The molecule has 0 fully saturated rings. The number of aromatic nitrogens is 2. The number of anilines is 1. The van der Waals surface area contributed by atoms with Gasteiger partial charge in [0.1, 0.15) is 11.6 Å². The molecule has 4 heteroatoms. The van der Waals surface area contributed by atoms with Crippen molar-refractivity contribution < 1.29 is 4.42 Å². The minimum Gasteiger partial charge on any atom is -0.472 e. The highest BCUT2D eigenvalue weighted by Gasteiger charge is 1.96. The van der Waals surface area contributed by atoms with Crippen LogP contribution in [0.15, 0.2) is 35.3 Å². The van der Waals surface area contributed by atoms with Crippen LogP contribution >= 0.6 is 0 Å². The molecule has 4 nitrogen and oxygen atoms in total. The maximum Gasteiger partial charge on any atom is 0.129 e. The molecule has 0 spiro atoms. The van der Waals surface area contributed by atoms with E-state index in [0.29, 0.717) is 6.54 Å². The van der Waals surface area contributed by atoms with Gasteiger partial charge < -0.3 is 9.73 Å². The maximum absolute atomic E-state index is 4.95. The summed E-state index contributed by atoms with van der Waals surface area (Å²) < 4.78 is 4.95. The van der Waals surface area contributed by atoms with Gasteiger partial charge in [0.2, 0.25) is 0 Å². The average molecular weight is 189 g/mol. The quantitative estimate of drug-likeness (QED) is 0.802. The van der Waals surface area contributed by atoms with E-state index in [1.165, 1.54) is 0 Å². The van der Waals surface area contributed by atoms with E-state index in [2.05, 4.69) is 15.3 Å². The average Bonchev–Trinajstić information content (AvgIpc) is 2.67. The Bertz CT molecular complexity index is 398. The molecule has 0 unspecified atom stereocenters. The van der Waals surface area contributed by atoms with Gasteiger partial charge in [0.25, 0.3) is 0 Å². The van der Waals surface area contributed by atoms with Crippen molar-refractivity contribution in [1.29, 1.82) is 0 Å². The summed E-state index contributed by atoms with van der Waals surface area (Å²) in [6.45, 7) is 2.58. The standard InChI is InChI=1S/C10H11N3O/c1-8-11-4-2-10(13-8)12-6-9-3-5-14-7-9/h2-5,7H,6H2,1H3,(H,11,12,13). The van der Waals surface area contributed by atoms with Crippen molar-refractivity contribution in [1.82, 2.24) is 9.97 Å². The summed E-state index contributed by atoms with van der Waals surface area (Å²) >= 11 is 0. The summed E-state index contributed by atoms with van der Waals surface area (Å²) in [6.07, 6.45) is 5.10. The summed E-state index contributed by atoms with van der Waals surface area (Å²) in [7, 11) is 0. The van der Waals surface area contributed by atoms with E-state index in [9.17, 15) is 0 Å². The fraction of sp³-hybridized carbons (Fsp3) is 0.200. The van der Waals surface area contributed by atoms with Crippen molar-refractivity contribution in [3.05, 3.63) is 42.2 Å². The van der Waals surface area contributed by atoms with Crippen LogP contribution in [-0.4, -0.2) is 9.97 Å². The predicted molar refractivity (Wildman–Crippen MR) is 52.8 cm³/mol. The highest BCUT2D eigenvalue weighted by Crippen LogP contribution is 2.05. The van der Waals surface area contributed by atoms with E-state index < -0.39 is 0 Å². The van der Waals surface area contributed by atoms with Crippen molar-refractivity contribution >= 4 is 5.82 Å². The molecule has 0 radical (unpaired) electrons. The molecule has 14 heavy (non-hydrogen) atoms. The van der Waals surface area contributed by atoms with E-state index in [-0.39, 0.29) is 0 Å². The molecular weight excluding hydrogens is 178 g/mol. The first-order valence-corrected chi connectivity index (χ1v) is 4.39. The molecule has 1 N–H and O–H groups in total. The van der Waals surface area contributed by atoms with Gasteiger partial charge >= 0.3 is 0 Å². The van der Waals surface area contributed by atoms with Gasteiger partial charge in [-0.05, 0) is 19.1 Å². The predicted octanol–water partition coefficient (Wildman–Crippen LogP) is 1.99. The van der Waals surface area contributed by atoms with Gasteiger partial charge in [-0.25, -0.2) is 9.97 Å². The number of nitrogens with one attached hydrogen (secondary N) is 1. The molecule has 0 aliphatic heterocycles. The van der Waals surface area contributed by atoms with Crippen LogP contribution in [0.3, 0.4) is 0 Å². The third-order valence-electron chi connectivity index (χ3n) is 1.83. The van der Waals surface area contributed by atoms with Crippen molar-refractivity contribution in [2.45, 2.75) is 13.5 Å². The Morgan fingerprint density at radius 2 is 2.36 bits per heavy atom. The smallest absolute Gasteiger partial charge is 0.129 e. The Morgan fingerprint density at radius 1 is 1.43 bits per heavy atom. The van der Waals surface area contributed by atoms with Gasteiger partial charge in [-0.2, -0.15) is 0 Å². The Kier molecular flexibility index (Phi) is 2.44. The van der Waals surface area contributed by atoms with Gasteiger partial charge in [-0.15, -0.1) is 0 Å². The third kappa shape index (κ3) is 2.10. The Morgan fingerprint density at radius 3 is 3.07 bits per heavy atom. The normalized spacial score (nSPS) is 10.1. The number of hydrogen-bond acceptors (Lipinski definition) is 4. The second-order valence-electron chi connectivity index (χ2n) is 2.97. The topological polar surface area (TPSA) is 51.0 Å². The lowest BCUT2D eigenvalue weighted by Gasteiger charge is -2.03. The number of hydrogen-bond donors (Lipinski definition) is 1. The number of nitrogens with zero attached hydrogens (tertiary/aromatic N) is 2. The maximum atomic E-state index is 4.95. The van der Waals surface area contributed by atoms with Crippen LogP contribution in [0.1, 0.15) is 11.4 Å².